The number of carbonyl (C=O) groups is 1. The Morgan fingerprint density at radius 2 is 1.87 bits per heavy atom. The quantitative estimate of drug-likeness (QED) is 0.800. The van der Waals surface area contributed by atoms with Gasteiger partial charge in [0.25, 0.3) is 5.91 Å². The Balaban J connectivity index is 2.10. The van der Waals surface area contributed by atoms with Crippen LogP contribution in [0.3, 0.4) is 0 Å². The number of nitrogens with one attached hydrogen (secondary N) is 1. The largest absolute Gasteiger partial charge is 0.493 e. The van der Waals surface area contributed by atoms with Gasteiger partial charge >= 0.3 is 0 Å². The Bertz CT molecular complexity index is 495. The number of nitrogens with zero attached hydrogens (tertiary/aromatic N) is 1. The first-order chi connectivity index (χ1) is 11.2. The first-order valence-electron chi connectivity index (χ1n) is 8.62. The maximum absolute atomic E-state index is 12.7. The SMILES string of the molecule is CCOc1cccc(OCC)c1C(=O)NC[C@H]1CCCN1CC. The van der Waals surface area contributed by atoms with Crippen LogP contribution in [0.4, 0.5) is 0 Å². The van der Waals surface area contributed by atoms with E-state index in [-0.39, 0.29) is 5.91 Å². The van der Waals surface area contributed by atoms with E-state index in [9.17, 15) is 4.79 Å². The standard InChI is InChI=1S/C18H28N2O3/c1-4-20-12-8-9-14(20)13-19-18(21)17-15(22-5-2)10-7-11-16(17)23-6-3/h7,10-11,14H,4-6,8-9,12-13H2,1-3H3,(H,19,21)/t14-/m1/s1. The van der Waals surface area contributed by atoms with E-state index in [0.29, 0.717) is 42.9 Å². The van der Waals surface area contributed by atoms with Crippen molar-refractivity contribution in [2.24, 2.45) is 0 Å². The molecule has 1 aliphatic rings. The molecule has 5 nitrogen and oxygen atoms in total. The lowest BCUT2D eigenvalue weighted by Gasteiger charge is -2.23. The van der Waals surface area contributed by atoms with Crippen molar-refractivity contribution in [1.82, 2.24) is 10.2 Å². The van der Waals surface area contributed by atoms with E-state index in [1.807, 2.05) is 32.0 Å². The van der Waals surface area contributed by atoms with Crippen LogP contribution < -0.4 is 14.8 Å². The van der Waals surface area contributed by atoms with Gasteiger partial charge in [0.1, 0.15) is 17.1 Å². The summed E-state index contributed by atoms with van der Waals surface area (Å²) in [6, 6.07) is 5.91. The Morgan fingerprint density at radius 3 is 2.43 bits per heavy atom. The number of hydrogen-bond acceptors (Lipinski definition) is 4. The molecule has 0 saturated carbocycles. The molecule has 1 aromatic carbocycles. The lowest BCUT2D eigenvalue weighted by atomic mass is 10.1. The van der Waals surface area contributed by atoms with Gasteiger partial charge in [-0.15, -0.1) is 0 Å². The van der Waals surface area contributed by atoms with Crippen LogP contribution in [0.15, 0.2) is 18.2 Å². The van der Waals surface area contributed by atoms with Crippen molar-refractivity contribution in [3.8, 4) is 11.5 Å². The van der Waals surface area contributed by atoms with Crippen molar-refractivity contribution in [1.29, 1.82) is 0 Å². The average molecular weight is 320 g/mol. The van der Waals surface area contributed by atoms with E-state index in [4.69, 9.17) is 9.47 Å². The summed E-state index contributed by atoms with van der Waals surface area (Å²) in [7, 11) is 0. The normalized spacial score (nSPS) is 18.0. The van der Waals surface area contributed by atoms with Crippen molar-refractivity contribution >= 4 is 5.91 Å². The van der Waals surface area contributed by atoms with Gasteiger partial charge in [-0.25, -0.2) is 0 Å². The summed E-state index contributed by atoms with van der Waals surface area (Å²) < 4.78 is 11.2. The van der Waals surface area contributed by atoms with Gasteiger partial charge in [0.2, 0.25) is 0 Å². The zero-order chi connectivity index (χ0) is 16.7. The van der Waals surface area contributed by atoms with Gasteiger partial charge in [-0.1, -0.05) is 13.0 Å². The van der Waals surface area contributed by atoms with E-state index in [1.54, 1.807) is 0 Å². The van der Waals surface area contributed by atoms with Gasteiger partial charge in [0.05, 0.1) is 13.2 Å². The molecule has 1 N–H and O–H groups in total. The first-order valence-corrected chi connectivity index (χ1v) is 8.62. The highest BCUT2D eigenvalue weighted by Gasteiger charge is 2.25. The van der Waals surface area contributed by atoms with Crippen LogP contribution in [-0.4, -0.2) is 49.7 Å². The molecule has 0 unspecified atom stereocenters. The number of likely N-dealkylation sites (N-methyl/N-ethyl adjacent to an activating group) is 1. The van der Waals surface area contributed by atoms with Crippen LogP contribution in [0.5, 0.6) is 11.5 Å². The molecular formula is C18H28N2O3. The van der Waals surface area contributed by atoms with E-state index in [1.165, 1.54) is 6.42 Å². The number of carbonyl (C=O) groups excluding carboxylic acids is 1. The topological polar surface area (TPSA) is 50.8 Å². The summed E-state index contributed by atoms with van der Waals surface area (Å²) in [4.78, 5) is 15.1. The highest BCUT2D eigenvalue weighted by Crippen LogP contribution is 2.29. The fraction of sp³-hybridized carbons (Fsp3) is 0.611. The van der Waals surface area contributed by atoms with Crippen LogP contribution in [-0.2, 0) is 0 Å². The lowest BCUT2D eigenvalue weighted by Crippen LogP contribution is -2.40. The van der Waals surface area contributed by atoms with E-state index in [0.717, 1.165) is 19.5 Å². The minimum absolute atomic E-state index is 0.125. The molecule has 23 heavy (non-hydrogen) atoms. The summed E-state index contributed by atoms with van der Waals surface area (Å²) in [6.07, 6.45) is 2.34. The molecule has 5 heteroatoms. The highest BCUT2D eigenvalue weighted by molar-refractivity contribution is 5.99. The van der Waals surface area contributed by atoms with E-state index >= 15 is 0 Å². The molecular weight excluding hydrogens is 292 g/mol. The van der Waals surface area contributed by atoms with E-state index in [2.05, 4.69) is 17.1 Å². The summed E-state index contributed by atoms with van der Waals surface area (Å²) in [5, 5.41) is 3.06. The molecule has 1 aromatic rings. The number of ether oxygens (including phenoxy) is 2. The molecule has 0 aliphatic carbocycles. The van der Waals surface area contributed by atoms with Gasteiger partial charge in [-0.2, -0.15) is 0 Å². The van der Waals surface area contributed by atoms with E-state index < -0.39 is 0 Å². The molecule has 2 rings (SSSR count). The Morgan fingerprint density at radius 1 is 1.22 bits per heavy atom. The zero-order valence-electron chi connectivity index (χ0n) is 14.4. The molecule has 128 valence electrons. The fourth-order valence-electron chi connectivity index (χ4n) is 3.13. The molecule has 0 bridgehead atoms. The predicted octanol–water partition coefficient (Wildman–Crippen LogP) is 2.70. The average Bonchev–Trinajstić information content (AvgIpc) is 3.01. The fourth-order valence-corrected chi connectivity index (χ4v) is 3.13. The Kier molecular flexibility index (Phi) is 6.71. The van der Waals surface area contributed by atoms with Gasteiger partial charge in [0, 0.05) is 12.6 Å². The minimum atomic E-state index is -0.125. The maximum Gasteiger partial charge on any atom is 0.258 e. The lowest BCUT2D eigenvalue weighted by molar-refractivity contribution is 0.0933. The summed E-state index contributed by atoms with van der Waals surface area (Å²) in [5.41, 5.74) is 0.497. The summed E-state index contributed by atoms with van der Waals surface area (Å²) in [6.45, 7) is 9.83. The van der Waals surface area contributed by atoms with Crippen molar-refractivity contribution in [2.75, 3.05) is 32.8 Å². The smallest absolute Gasteiger partial charge is 0.258 e. The molecule has 0 spiro atoms. The Labute approximate surface area is 139 Å². The van der Waals surface area contributed by atoms with Gasteiger partial charge in [-0.3, -0.25) is 9.69 Å². The summed E-state index contributed by atoms with van der Waals surface area (Å²) in [5.74, 6) is 1.03. The second kappa shape index (κ2) is 8.77. The molecule has 1 atom stereocenters. The number of likely N-dealkylation sites (tertiary alicyclic amines) is 1. The van der Waals surface area contributed by atoms with Gasteiger partial charge in [0.15, 0.2) is 0 Å². The third kappa shape index (κ3) is 4.38. The number of rotatable bonds is 8. The minimum Gasteiger partial charge on any atom is -0.493 e. The molecule has 1 amide bonds. The van der Waals surface area contributed by atoms with Gasteiger partial charge < -0.3 is 14.8 Å². The van der Waals surface area contributed by atoms with Crippen molar-refractivity contribution in [3.63, 3.8) is 0 Å². The second-order valence-corrected chi connectivity index (χ2v) is 5.63. The van der Waals surface area contributed by atoms with Crippen LogP contribution in [0.1, 0.15) is 44.0 Å². The van der Waals surface area contributed by atoms with Crippen LogP contribution >= 0.6 is 0 Å². The van der Waals surface area contributed by atoms with Gasteiger partial charge in [-0.05, 0) is 51.9 Å². The first kappa shape index (κ1) is 17.6. The molecule has 0 radical (unpaired) electrons. The molecule has 1 fully saturated rings. The predicted molar refractivity (Wildman–Crippen MR) is 91.4 cm³/mol. The number of benzene rings is 1. The third-order valence-corrected chi connectivity index (χ3v) is 4.22. The highest BCUT2D eigenvalue weighted by atomic mass is 16.5. The van der Waals surface area contributed by atoms with Crippen molar-refractivity contribution in [3.05, 3.63) is 23.8 Å². The zero-order valence-corrected chi connectivity index (χ0v) is 14.4. The molecule has 1 saturated heterocycles. The number of hydrogen-bond donors (Lipinski definition) is 1. The molecule has 1 heterocycles. The van der Waals surface area contributed by atoms with Crippen LogP contribution in [0.2, 0.25) is 0 Å². The van der Waals surface area contributed by atoms with Crippen LogP contribution in [0.25, 0.3) is 0 Å². The molecule has 1 aliphatic heterocycles. The molecule has 0 aromatic heterocycles. The Hall–Kier alpha value is -1.75. The van der Waals surface area contributed by atoms with Crippen molar-refractivity contribution in [2.45, 2.75) is 39.7 Å². The summed E-state index contributed by atoms with van der Waals surface area (Å²) >= 11 is 0. The van der Waals surface area contributed by atoms with Crippen molar-refractivity contribution < 1.29 is 14.3 Å². The number of amides is 1. The van der Waals surface area contributed by atoms with Crippen LogP contribution in [0, 0.1) is 0 Å². The maximum atomic E-state index is 12.7. The second-order valence-electron chi connectivity index (χ2n) is 5.63. The third-order valence-electron chi connectivity index (χ3n) is 4.22. The monoisotopic (exact) mass is 320 g/mol.